The smallest absolute Gasteiger partial charge is 0.338 e. The first-order valence-electron chi connectivity index (χ1n) is 11.4. The quantitative estimate of drug-likeness (QED) is 0.275. The van der Waals surface area contributed by atoms with Crippen LogP contribution in [0, 0.1) is 0 Å². The molecule has 9 heteroatoms. The van der Waals surface area contributed by atoms with Crippen LogP contribution >= 0.6 is 12.2 Å². The summed E-state index contributed by atoms with van der Waals surface area (Å²) >= 11 is 5.44. The minimum absolute atomic E-state index is 0.158. The molecule has 1 aliphatic heterocycles. The molecule has 1 atom stereocenters. The standard InChI is InChI=1S/C26H32N4O4S/c1-16(2)18-6-10-20(11-7-18)27-25(32)28-21-12-8-19(9-13-21)23-22(24(31)34-15-14-33-5)17(3)30(4)26(35)29-23/h6-13,16,23H,14-15H2,1-5H3,(H,29,35)(H2,27,28,32). The lowest BCUT2D eigenvalue weighted by Gasteiger charge is -2.35. The summed E-state index contributed by atoms with van der Waals surface area (Å²) in [5.74, 6) is -0.00683. The number of rotatable bonds is 8. The fourth-order valence-electron chi connectivity index (χ4n) is 3.65. The van der Waals surface area contributed by atoms with E-state index in [0.29, 0.717) is 40.3 Å². The number of carbonyl (C=O) groups excluding carboxylic acids is 2. The Hall–Kier alpha value is -3.43. The predicted molar refractivity (Wildman–Crippen MR) is 141 cm³/mol. The van der Waals surface area contributed by atoms with Crippen molar-refractivity contribution >= 4 is 40.7 Å². The molecule has 3 N–H and O–H groups in total. The van der Waals surface area contributed by atoms with Gasteiger partial charge in [-0.05, 0) is 60.5 Å². The number of amides is 2. The zero-order valence-electron chi connectivity index (χ0n) is 20.7. The Morgan fingerprint density at radius 1 is 1.03 bits per heavy atom. The van der Waals surface area contributed by atoms with Crippen LogP contribution in [0.5, 0.6) is 0 Å². The van der Waals surface area contributed by atoms with Crippen LogP contribution in [0.3, 0.4) is 0 Å². The average Bonchev–Trinajstić information content (AvgIpc) is 2.83. The first kappa shape index (κ1) is 26.2. The van der Waals surface area contributed by atoms with Crippen LogP contribution in [-0.2, 0) is 14.3 Å². The summed E-state index contributed by atoms with van der Waals surface area (Å²) in [6.07, 6.45) is 0. The molecule has 2 amide bonds. The molecule has 8 nitrogen and oxygen atoms in total. The number of urea groups is 1. The number of hydrogen-bond donors (Lipinski definition) is 3. The van der Waals surface area contributed by atoms with Gasteiger partial charge in [-0.1, -0.05) is 38.1 Å². The van der Waals surface area contributed by atoms with Gasteiger partial charge in [0.1, 0.15) is 6.61 Å². The second-order valence-corrected chi connectivity index (χ2v) is 8.93. The van der Waals surface area contributed by atoms with E-state index in [1.165, 1.54) is 5.56 Å². The molecule has 0 radical (unpaired) electrons. The number of esters is 1. The third kappa shape index (κ3) is 6.58. The molecule has 0 spiro atoms. The summed E-state index contributed by atoms with van der Waals surface area (Å²) in [5, 5.41) is 9.38. The maximum Gasteiger partial charge on any atom is 0.338 e. The predicted octanol–water partition coefficient (Wildman–Crippen LogP) is 4.78. The summed E-state index contributed by atoms with van der Waals surface area (Å²) in [4.78, 5) is 27.0. The van der Waals surface area contributed by atoms with Crippen molar-refractivity contribution in [2.45, 2.75) is 32.7 Å². The summed E-state index contributed by atoms with van der Waals surface area (Å²) in [6.45, 7) is 6.55. The summed E-state index contributed by atoms with van der Waals surface area (Å²) in [7, 11) is 3.35. The summed E-state index contributed by atoms with van der Waals surface area (Å²) in [5.41, 5.74) is 4.54. The van der Waals surface area contributed by atoms with Gasteiger partial charge in [-0.2, -0.15) is 0 Å². The number of thiocarbonyl (C=S) groups is 1. The van der Waals surface area contributed by atoms with Crippen LogP contribution in [0.4, 0.5) is 16.2 Å². The number of nitrogens with one attached hydrogen (secondary N) is 3. The van der Waals surface area contributed by atoms with Crippen molar-refractivity contribution in [1.29, 1.82) is 0 Å². The Labute approximate surface area is 211 Å². The highest BCUT2D eigenvalue weighted by Crippen LogP contribution is 2.31. The number of hydrogen-bond acceptors (Lipinski definition) is 5. The Morgan fingerprint density at radius 2 is 1.60 bits per heavy atom. The Bertz CT molecular complexity index is 1100. The lowest BCUT2D eigenvalue weighted by atomic mass is 9.95. The Morgan fingerprint density at radius 3 is 2.14 bits per heavy atom. The zero-order valence-corrected chi connectivity index (χ0v) is 21.5. The van der Waals surface area contributed by atoms with Crippen LogP contribution in [0.15, 0.2) is 59.8 Å². The molecule has 186 valence electrons. The average molecular weight is 497 g/mol. The third-order valence-corrected chi connectivity index (χ3v) is 6.22. The van der Waals surface area contributed by atoms with E-state index < -0.39 is 12.0 Å². The van der Waals surface area contributed by atoms with E-state index in [0.717, 1.165) is 5.56 Å². The van der Waals surface area contributed by atoms with Crippen LogP contribution in [0.2, 0.25) is 0 Å². The maximum absolute atomic E-state index is 12.9. The second kappa shape index (κ2) is 11.8. The number of ether oxygens (including phenoxy) is 2. The van der Waals surface area contributed by atoms with Crippen LogP contribution in [0.25, 0.3) is 0 Å². The van der Waals surface area contributed by atoms with Crippen molar-refractivity contribution in [2.24, 2.45) is 0 Å². The van der Waals surface area contributed by atoms with Crippen LogP contribution in [0.1, 0.15) is 43.9 Å². The molecule has 0 aromatic heterocycles. The molecule has 3 rings (SSSR count). The number of methoxy groups -OCH3 is 1. The van der Waals surface area contributed by atoms with Crippen molar-refractivity contribution in [3.05, 3.63) is 70.9 Å². The molecular formula is C26H32N4O4S. The number of benzene rings is 2. The SMILES string of the molecule is COCCOC(=O)C1=C(C)N(C)C(=S)NC1c1ccc(NC(=O)Nc2ccc(C(C)C)cc2)cc1. The first-order chi connectivity index (χ1) is 16.7. The van der Waals surface area contributed by atoms with E-state index in [4.69, 9.17) is 21.7 Å². The van der Waals surface area contributed by atoms with Gasteiger partial charge in [0.15, 0.2) is 5.11 Å². The first-order valence-corrected chi connectivity index (χ1v) is 11.8. The van der Waals surface area contributed by atoms with Gasteiger partial charge >= 0.3 is 12.0 Å². The van der Waals surface area contributed by atoms with Crippen molar-refractivity contribution < 1.29 is 19.1 Å². The third-order valence-electron chi connectivity index (χ3n) is 5.83. The maximum atomic E-state index is 12.9. The van der Waals surface area contributed by atoms with Gasteiger partial charge < -0.3 is 30.3 Å². The molecule has 0 bridgehead atoms. The highest BCUT2D eigenvalue weighted by molar-refractivity contribution is 7.80. The largest absolute Gasteiger partial charge is 0.460 e. The van der Waals surface area contributed by atoms with Crippen LogP contribution < -0.4 is 16.0 Å². The molecule has 1 heterocycles. The molecule has 2 aromatic rings. The molecular weight excluding hydrogens is 464 g/mol. The van der Waals surface area contributed by atoms with E-state index in [9.17, 15) is 9.59 Å². The van der Waals surface area contributed by atoms with Gasteiger partial charge in [0, 0.05) is 31.2 Å². The molecule has 0 saturated heterocycles. The van der Waals surface area contributed by atoms with E-state index >= 15 is 0 Å². The number of carbonyl (C=O) groups is 2. The van der Waals surface area contributed by atoms with Crippen molar-refractivity contribution in [3.63, 3.8) is 0 Å². The minimum Gasteiger partial charge on any atom is -0.460 e. The molecule has 0 saturated carbocycles. The van der Waals surface area contributed by atoms with Crippen molar-refractivity contribution in [2.75, 3.05) is 38.0 Å². The van der Waals surface area contributed by atoms with Gasteiger partial charge in [0.25, 0.3) is 0 Å². The molecule has 2 aromatic carbocycles. The second-order valence-electron chi connectivity index (χ2n) is 8.55. The fourth-order valence-corrected chi connectivity index (χ4v) is 3.90. The normalized spacial score (nSPS) is 15.7. The Balaban J connectivity index is 1.71. The van der Waals surface area contributed by atoms with Crippen molar-refractivity contribution in [3.8, 4) is 0 Å². The molecule has 0 fully saturated rings. The zero-order chi connectivity index (χ0) is 25.5. The topological polar surface area (TPSA) is 91.9 Å². The van der Waals surface area contributed by atoms with E-state index in [1.807, 2.05) is 43.3 Å². The van der Waals surface area contributed by atoms with Crippen molar-refractivity contribution in [1.82, 2.24) is 10.2 Å². The molecule has 1 aliphatic rings. The molecule has 1 unspecified atom stereocenters. The lowest BCUT2D eigenvalue weighted by Crippen LogP contribution is -2.46. The molecule has 0 aliphatic carbocycles. The van der Waals surface area contributed by atoms with Gasteiger partial charge in [0.2, 0.25) is 0 Å². The van der Waals surface area contributed by atoms with E-state index in [-0.39, 0.29) is 12.6 Å². The lowest BCUT2D eigenvalue weighted by molar-refractivity contribution is -0.140. The van der Waals surface area contributed by atoms with Gasteiger partial charge in [0.05, 0.1) is 18.2 Å². The van der Waals surface area contributed by atoms with Gasteiger partial charge in [-0.15, -0.1) is 0 Å². The fraction of sp³-hybridized carbons (Fsp3) is 0.346. The minimum atomic E-state index is -0.476. The highest BCUT2D eigenvalue weighted by Gasteiger charge is 2.33. The van der Waals surface area contributed by atoms with E-state index in [1.54, 1.807) is 31.2 Å². The number of allylic oxidation sites excluding steroid dienone is 1. The van der Waals surface area contributed by atoms with Crippen LogP contribution in [-0.4, -0.2) is 49.4 Å². The van der Waals surface area contributed by atoms with Gasteiger partial charge in [-0.3, -0.25) is 0 Å². The molecule has 35 heavy (non-hydrogen) atoms. The summed E-state index contributed by atoms with van der Waals surface area (Å²) < 4.78 is 10.4. The monoisotopic (exact) mass is 496 g/mol. The highest BCUT2D eigenvalue weighted by atomic mass is 32.1. The number of anilines is 2. The van der Waals surface area contributed by atoms with E-state index in [2.05, 4.69) is 29.8 Å². The Kier molecular flexibility index (Phi) is 8.84. The summed E-state index contributed by atoms with van der Waals surface area (Å²) in [6, 6.07) is 14.2. The number of nitrogens with zero attached hydrogens (tertiary/aromatic N) is 1. The van der Waals surface area contributed by atoms with Gasteiger partial charge in [-0.25, -0.2) is 9.59 Å².